The second-order valence-corrected chi connectivity index (χ2v) is 11.0. The van der Waals surface area contributed by atoms with E-state index in [0.717, 1.165) is 31.2 Å². The van der Waals surface area contributed by atoms with Crippen LogP contribution in [-0.2, 0) is 11.3 Å². The van der Waals surface area contributed by atoms with Gasteiger partial charge in [-0.25, -0.2) is 0 Å². The van der Waals surface area contributed by atoms with E-state index in [4.69, 9.17) is 0 Å². The van der Waals surface area contributed by atoms with Crippen molar-refractivity contribution < 1.29 is 14.7 Å². The van der Waals surface area contributed by atoms with Crippen LogP contribution in [-0.4, -0.2) is 46.0 Å². The standard InChI is InChI=1S/C29H39N3O3/c1-19(28(35)32(4)18-21-10-6-5-7-11-21)22-13-15-29(3)16-14-23(20(2)25(29)26(22)33)31-27(34)24-12-8-9-17-30-24/h5-12,17,19-20,22-23,25-26,33H,13-16,18H2,1-4H3,(H,31,34)/t19-,20-,22+,23-,25+,26-,29+/m0/s1. The van der Waals surface area contributed by atoms with E-state index in [1.165, 1.54) is 0 Å². The van der Waals surface area contributed by atoms with Gasteiger partial charge in [0.25, 0.3) is 5.91 Å². The number of rotatable bonds is 6. The number of carbonyl (C=O) groups is 2. The maximum Gasteiger partial charge on any atom is 0.270 e. The van der Waals surface area contributed by atoms with Crippen molar-refractivity contribution in [3.05, 3.63) is 66.0 Å². The molecule has 2 N–H and O–H groups in total. The van der Waals surface area contributed by atoms with Gasteiger partial charge in [-0.05, 0) is 66.5 Å². The number of pyridine rings is 1. The Morgan fingerprint density at radius 2 is 1.83 bits per heavy atom. The van der Waals surface area contributed by atoms with Gasteiger partial charge in [-0.15, -0.1) is 0 Å². The third kappa shape index (κ3) is 5.27. The van der Waals surface area contributed by atoms with Gasteiger partial charge < -0.3 is 15.3 Å². The lowest BCUT2D eigenvalue weighted by Crippen LogP contribution is -2.58. The van der Waals surface area contributed by atoms with Crippen LogP contribution in [0, 0.1) is 29.1 Å². The van der Waals surface area contributed by atoms with Gasteiger partial charge in [-0.1, -0.05) is 57.2 Å². The number of aliphatic hydroxyl groups excluding tert-OH is 1. The summed E-state index contributed by atoms with van der Waals surface area (Å²) in [6.07, 6.45) is 4.72. The molecule has 1 aromatic heterocycles. The summed E-state index contributed by atoms with van der Waals surface area (Å²) in [6, 6.07) is 15.3. The average molecular weight is 478 g/mol. The van der Waals surface area contributed by atoms with E-state index in [2.05, 4.69) is 24.1 Å². The van der Waals surface area contributed by atoms with Gasteiger partial charge in [-0.2, -0.15) is 0 Å². The molecule has 35 heavy (non-hydrogen) atoms. The predicted molar refractivity (Wildman–Crippen MR) is 136 cm³/mol. The lowest BCUT2D eigenvalue weighted by molar-refractivity contribution is -0.149. The average Bonchev–Trinajstić information content (AvgIpc) is 2.86. The number of nitrogens with one attached hydrogen (secondary N) is 1. The SMILES string of the molecule is C[C@@H]1[C@@H]2[C@@H](O)[C@@H]([C@H](C)C(=O)N(C)Cc3ccccc3)CC[C@]2(C)CC[C@@H]1NC(=O)c1ccccn1. The molecular formula is C29H39N3O3. The summed E-state index contributed by atoms with van der Waals surface area (Å²) in [4.78, 5) is 32.1. The number of benzene rings is 1. The Morgan fingerprint density at radius 1 is 1.14 bits per heavy atom. The summed E-state index contributed by atoms with van der Waals surface area (Å²) in [5.41, 5.74) is 1.52. The minimum Gasteiger partial charge on any atom is -0.392 e. The zero-order valence-corrected chi connectivity index (χ0v) is 21.4. The first-order chi connectivity index (χ1) is 16.7. The Balaban J connectivity index is 1.45. The third-order valence-corrected chi connectivity index (χ3v) is 8.77. The van der Waals surface area contributed by atoms with E-state index in [-0.39, 0.29) is 46.9 Å². The highest BCUT2D eigenvalue weighted by Gasteiger charge is 2.54. The van der Waals surface area contributed by atoms with Crippen LogP contribution in [0.2, 0.25) is 0 Å². The van der Waals surface area contributed by atoms with Gasteiger partial charge in [0, 0.05) is 31.7 Å². The fraction of sp³-hybridized carbons (Fsp3) is 0.552. The summed E-state index contributed by atoms with van der Waals surface area (Å²) in [7, 11) is 1.84. The molecule has 0 bridgehead atoms. The molecule has 2 aliphatic rings. The minimum atomic E-state index is -0.581. The van der Waals surface area contributed by atoms with Gasteiger partial charge in [0.05, 0.1) is 6.10 Å². The van der Waals surface area contributed by atoms with Crippen LogP contribution in [0.15, 0.2) is 54.7 Å². The van der Waals surface area contributed by atoms with Gasteiger partial charge in [0.2, 0.25) is 5.91 Å². The molecule has 6 nitrogen and oxygen atoms in total. The topological polar surface area (TPSA) is 82.5 Å². The fourth-order valence-electron chi connectivity index (χ4n) is 6.70. The number of aliphatic hydroxyl groups is 1. The molecule has 6 heteroatoms. The molecule has 4 rings (SSSR count). The van der Waals surface area contributed by atoms with Gasteiger partial charge in [0.1, 0.15) is 5.69 Å². The van der Waals surface area contributed by atoms with Crippen molar-refractivity contribution in [2.45, 2.75) is 65.1 Å². The van der Waals surface area contributed by atoms with Crippen LogP contribution in [0.3, 0.4) is 0 Å². The van der Waals surface area contributed by atoms with Crippen molar-refractivity contribution in [2.75, 3.05) is 7.05 Å². The first-order valence-corrected chi connectivity index (χ1v) is 12.9. The normalized spacial score (nSPS) is 31.2. The summed E-state index contributed by atoms with van der Waals surface area (Å²) in [6.45, 7) is 6.95. The zero-order valence-electron chi connectivity index (χ0n) is 21.4. The second kappa shape index (κ2) is 10.5. The van der Waals surface area contributed by atoms with Crippen molar-refractivity contribution in [1.29, 1.82) is 0 Å². The van der Waals surface area contributed by atoms with E-state index in [1.54, 1.807) is 23.2 Å². The van der Waals surface area contributed by atoms with Crippen molar-refractivity contribution in [3.63, 3.8) is 0 Å². The number of amides is 2. The molecule has 7 atom stereocenters. The highest BCUT2D eigenvalue weighted by atomic mass is 16.3. The van der Waals surface area contributed by atoms with Crippen LogP contribution < -0.4 is 5.32 Å². The van der Waals surface area contributed by atoms with Crippen LogP contribution in [0.25, 0.3) is 0 Å². The van der Waals surface area contributed by atoms with E-state index in [9.17, 15) is 14.7 Å². The summed E-state index contributed by atoms with van der Waals surface area (Å²) >= 11 is 0. The summed E-state index contributed by atoms with van der Waals surface area (Å²) in [5.74, 6) is -0.323. The quantitative estimate of drug-likeness (QED) is 0.650. The van der Waals surface area contributed by atoms with Gasteiger partial charge in [0.15, 0.2) is 0 Å². The molecule has 0 spiro atoms. The Kier molecular flexibility index (Phi) is 7.60. The van der Waals surface area contributed by atoms with E-state index < -0.39 is 6.10 Å². The molecule has 0 radical (unpaired) electrons. The molecule has 188 valence electrons. The number of aromatic nitrogens is 1. The minimum absolute atomic E-state index is 0.0142. The summed E-state index contributed by atoms with van der Waals surface area (Å²) in [5, 5.41) is 14.8. The molecule has 2 aliphatic carbocycles. The predicted octanol–water partition coefficient (Wildman–Crippen LogP) is 4.30. The van der Waals surface area contributed by atoms with Crippen LogP contribution in [0.1, 0.15) is 62.5 Å². The fourth-order valence-corrected chi connectivity index (χ4v) is 6.70. The maximum atomic E-state index is 13.3. The monoisotopic (exact) mass is 477 g/mol. The second-order valence-electron chi connectivity index (χ2n) is 11.0. The number of fused-ring (bicyclic) bond motifs is 1. The first kappa shape index (κ1) is 25.4. The molecule has 1 aromatic carbocycles. The van der Waals surface area contributed by atoms with E-state index in [0.29, 0.717) is 12.2 Å². The Labute approximate surface area is 209 Å². The van der Waals surface area contributed by atoms with Gasteiger partial charge >= 0.3 is 0 Å². The largest absolute Gasteiger partial charge is 0.392 e. The molecule has 0 saturated heterocycles. The third-order valence-electron chi connectivity index (χ3n) is 8.77. The van der Waals surface area contributed by atoms with Crippen molar-refractivity contribution in [2.24, 2.45) is 29.1 Å². The van der Waals surface area contributed by atoms with Crippen LogP contribution in [0.4, 0.5) is 0 Å². The number of hydrogen-bond acceptors (Lipinski definition) is 4. The smallest absolute Gasteiger partial charge is 0.270 e. The maximum absolute atomic E-state index is 13.3. The van der Waals surface area contributed by atoms with Crippen molar-refractivity contribution >= 4 is 11.8 Å². The number of nitrogens with zero attached hydrogens (tertiary/aromatic N) is 2. The van der Waals surface area contributed by atoms with Gasteiger partial charge in [-0.3, -0.25) is 14.6 Å². The molecule has 2 fully saturated rings. The molecule has 2 aromatic rings. The molecular weight excluding hydrogens is 438 g/mol. The Morgan fingerprint density at radius 3 is 2.51 bits per heavy atom. The molecule has 0 aliphatic heterocycles. The first-order valence-electron chi connectivity index (χ1n) is 12.9. The lowest BCUT2D eigenvalue weighted by atomic mass is 9.51. The van der Waals surface area contributed by atoms with Crippen molar-refractivity contribution in [3.8, 4) is 0 Å². The van der Waals surface area contributed by atoms with E-state index >= 15 is 0 Å². The molecule has 0 unspecified atom stereocenters. The lowest BCUT2D eigenvalue weighted by Gasteiger charge is -2.56. The van der Waals surface area contributed by atoms with Crippen LogP contribution >= 0.6 is 0 Å². The number of carbonyl (C=O) groups excluding carboxylic acids is 2. The highest BCUT2D eigenvalue weighted by Crippen LogP contribution is 2.55. The summed E-state index contributed by atoms with van der Waals surface area (Å²) < 4.78 is 0. The Bertz CT molecular complexity index is 1010. The molecule has 1 heterocycles. The highest BCUT2D eigenvalue weighted by molar-refractivity contribution is 5.92. The molecule has 2 saturated carbocycles. The van der Waals surface area contributed by atoms with E-state index in [1.807, 2.05) is 50.4 Å². The number of hydrogen-bond donors (Lipinski definition) is 2. The van der Waals surface area contributed by atoms with Crippen LogP contribution in [0.5, 0.6) is 0 Å². The van der Waals surface area contributed by atoms with Crippen molar-refractivity contribution in [1.82, 2.24) is 15.2 Å². The molecule has 2 amide bonds. The zero-order chi connectivity index (χ0) is 25.2. The Hall–Kier alpha value is -2.73.